The van der Waals surface area contributed by atoms with Gasteiger partial charge in [0.25, 0.3) is 0 Å². The molecule has 108 valence electrons. The molecule has 2 aromatic carbocycles. The largest absolute Gasteiger partial charge is 0.481 e. The van der Waals surface area contributed by atoms with Gasteiger partial charge < -0.3 is 5.11 Å². The van der Waals surface area contributed by atoms with Gasteiger partial charge in [-0.3, -0.25) is 9.59 Å². The molecule has 0 bridgehead atoms. The first kappa shape index (κ1) is 15.0. The third-order valence-electron chi connectivity index (χ3n) is 3.45. The number of aryl methyl sites for hydroxylation is 1. The summed E-state index contributed by atoms with van der Waals surface area (Å²) in [5, 5.41) is 9.33. The van der Waals surface area contributed by atoms with Crippen LogP contribution < -0.4 is 0 Å². The molecule has 0 aromatic heterocycles. The molecule has 0 aliphatic carbocycles. The highest BCUT2D eigenvalue weighted by Crippen LogP contribution is 2.17. The van der Waals surface area contributed by atoms with Gasteiger partial charge in [0.05, 0.1) is 5.92 Å². The molecule has 2 aromatic rings. The Bertz CT molecular complexity index is 632. The van der Waals surface area contributed by atoms with Gasteiger partial charge in [0, 0.05) is 12.0 Å². The van der Waals surface area contributed by atoms with Crippen LogP contribution in [0.1, 0.15) is 27.9 Å². The number of carbonyl (C=O) groups is 2. The van der Waals surface area contributed by atoms with E-state index in [0.717, 1.165) is 11.1 Å². The Morgan fingerprint density at radius 3 is 2.38 bits per heavy atom. The lowest BCUT2D eigenvalue weighted by Crippen LogP contribution is -2.20. The molecule has 1 N–H and O–H groups in total. The summed E-state index contributed by atoms with van der Waals surface area (Å²) in [6.45, 7) is 1.91. The molecule has 21 heavy (non-hydrogen) atoms. The van der Waals surface area contributed by atoms with Gasteiger partial charge in [-0.1, -0.05) is 54.1 Å². The fourth-order valence-corrected chi connectivity index (χ4v) is 2.31. The summed E-state index contributed by atoms with van der Waals surface area (Å²) in [6, 6.07) is 16.6. The second kappa shape index (κ2) is 6.84. The van der Waals surface area contributed by atoms with Crippen LogP contribution in [0.5, 0.6) is 0 Å². The van der Waals surface area contributed by atoms with E-state index in [0.29, 0.717) is 12.0 Å². The number of carboxylic acids is 1. The van der Waals surface area contributed by atoms with Gasteiger partial charge in [0.2, 0.25) is 0 Å². The lowest BCUT2D eigenvalue weighted by Gasteiger charge is -2.12. The highest BCUT2D eigenvalue weighted by atomic mass is 16.4. The van der Waals surface area contributed by atoms with Crippen molar-refractivity contribution in [2.75, 3.05) is 0 Å². The highest BCUT2D eigenvalue weighted by Gasteiger charge is 2.22. The maximum atomic E-state index is 12.2. The number of rotatable bonds is 6. The van der Waals surface area contributed by atoms with Gasteiger partial charge in [-0.2, -0.15) is 0 Å². The van der Waals surface area contributed by atoms with Crippen LogP contribution in [0.15, 0.2) is 54.6 Å². The van der Waals surface area contributed by atoms with Gasteiger partial charge in [-0.25, -0.2) is 0 Å². The summed E-state index contributed by atoms with van der Waals surface area (Å²) < 4.78 is 0. The van der Waals surface area contributed by atoms with Crippen LogP contribution in [0, 0.1) is 12.8 Å². The molecular formula is C18H18O3. The fourth-order valence-electron chi connectivity index (χ4n) is 2.31. The van der Waals surface area contributed by atoms with Crippen molar-refractivity contribution in [1.29, 1.82) is 0 Å². The van der Waals surface area contributed by atoms with Crippen LogP contribution in [0.25, 0.3) is 0 Å². The SMILES string of the molecule is Cc1cccc(C(=O)CC(Cc2ccccc2)C(=O)O)c1. The second-order valence-corrected chi connectivity index (χ2v) is 5.22. The monoisotopic (exact) mass is 282 g/mol. The second-order valence-electron chi connectivity index (χ2n) is 5.22. The van der Waals surface area contributed by atoms with E-state index in [2.05, 4.69) is 0 Å². The lowest BCUT2D eigenvalue weighted by atomic mass is 9.92. The number of benzene rings is 2. The first-order chi connectivity index (χ1) is 10.1. The van der Waals surface area contributed by atoms with E-state index in [4.69, 9.17) is 0 Å². The minimum Gasteiger partial charge on any atom is -0.481 e. The van der Waals surface area contributed by atoms with Gasteiger partial charge in [0.15, 0.2) is 5.78 Å². The molecule has 1 unspecified atom stereocenters. The van der Waals surface area contributed by atoms with E-state index in [1.54, 1.807) is 12.1 Å². The predicted molar refractivity (Wildman–Crippen MR) is 81.4 cm³/mol. The van der Waals surface area contributed by atoms with Crippen molar-refractivity contribution in [3.05, 3.63) is 71.3 Å². The molecule has 0 fully saturated rings. The number of aliphatic carboxylic acids is 1. The summed E-state index contributed by atoms with van der Waals surface area (Å²) in [7, 11) is 0. The van der Waals surface area contributed by atoms with Gasteiger partial charge in [-0.15, -0.1) is 0 Å². The molecule has 3 nitrogen and oxygen atoms in total. The zero-order valence-electron chi connectivity index (χ0n) is 12.0. The van der Waals surface area contributed by atoms with Crippen LogP contribution in [0.2, 0.25) is 0 Å². The molecule has 0 spiro atoms. The summed E-state index contributed by atoms with van der Waals surface area (Å²) in [6.07, 6.45) is 0.390. The summed E-state index contributed by atoms with van der Waals surface area (Å²) >= 11 is 0. The fraction of sp³-hybridized carbons (Fsp3) is 0.222. The van der Waals surface area contributed by atoms with Crippen LogP contribution in [-0.2, 0) is 11.2 Å². The average Bonchev–Trinajstić information content (AvgIpc) is 2.47. The van der Waals surface area contributed by atoms with Crippen molar-refractivity contribution in [2.24, 2.45) is 5.92 Å². The minimum absolute atomic E-state index is 0.0215. The first-order valence-corrected chi connectivity index (χ1v) is 6.93. The molecule has 1 atom stereocenters. The van der Waals surface area contributed by atoms with Crippen LogP contribution in [0.4, 0.5) is 0 Å². The normalized spacial score (nSPS) is 11.9. The zero-order chi connectivity index (χ0) is 15.2. The van der Waals surface area contributed by atoms with Crippen LogP contribution in [-0.4, -0.2) is 16.9 Å². The molecule has 0 heterocycles. The van der Waals surface area contributed by atoms with Gasteiger partial charge >= 0.3 is 5.97 Å². The van der Waals surface area contributed by atoms with Gasteiger partial charge in [-0.05, 0) is 25.0 Å². The summed E-state index contributed by atoms with van der Waals surface area (Å²) in [4.78, 5) is 23.6. The molecule has 0 radical (unpaired) electrons. The Labute approximate surface area is 124 Å². The number of Topliss-reactive ketones (excluding diaryl/α,β-unsaturated/α-hetero) is 1. The van der Waals surface area contributed by atoms with E-state index in [9.17, 15) is 14.7 Å². The number of carboxylic acid groups (broad SMARTS) is 1. The highest BCUT2D eigenvalue weighted by molar-refractivity contribution is 5.98. The molecule has 0 saturated heterocycles. The zero-order valence-corrected chi connectivity index (χ0v) is 12.0. The van der Waals surface area contributed by atoms with E-state index in [1.807, 2.05) is 49.4 Å². The number of carbonyl (C=O) groups excluding carboxylic acids is 1. The molecule has 2 rings (SSSR count). The predicted octanol–water partition coefficient (Wildman–Crippen LogP) is 3.51. The first-order valence-electron chi connectivity index (χ1n) is 6.93. The van der Waals surface area contributed by atoms with E-state index in [-0.39, 0.29) is 12.2 Å². The number of hydrogen-bond donors (Lipinski definition) is 1. The quantitative estimate of drug-likeness (QED) is 0.825. The Balaban J connectivity index is 2.10. The average molecular weight is 282 g/mol. The topological polar surface area (TPSA) is 54.4 Å². The van der Waals surface area contributed by atoms with Crippen LogP contribution >= 0.6 is 0 Å². The Morgan fingerprint density at radius 1 is 1.05 bits per heavy atom. The van der Waals surface area contributed by atoms with E-state index >= 15 is 0 Å². The Morgan fingerprint density at radius 2 is 1.76 bits per heavy atom. The number of hydrogen-bond acceptors (Lipinski definition) is 2. The van der Waals surface area contributed by atoms with Crippen molar-refractivity contribution in [3.63, 3.8) is 0 Å². The maximum Gasteiger partial charge on any atom is 0.307 e. The maximum absolute atomic E-state index is 12.2. The van der Waals surface area contributed by atoms with Crippen LogP contribution in [0.3, 0.4) is 0 Å². The van der Waals surface area contributed by atoms with Crippen molar-refractivity contribution < 1.29 is 14.7 Å². The smallest absolute Gasteiger partial charge is 0.307 e. The van der Waals surface area contributed by atoms with Crippen molar-refractivity contribution in [1.82, 2.24) is 0 Å². The molecule has 0 aliphatic rings. The van der Waals surface area contributed by atoms with Crippen molar-refractivity contribution >= 4 is 11.8 Å². The molecule has 0 saturated carbocycles. The van der Waals surface area contributed by atoms with E-state index in [1.165, 1.54) is 0 Å². The molecule has 0 amide bonds. The molecule has 3 heteroatoms. The third kappa shape index (κ3) is 4.28. The summed E-state index contributed by atoms with van der Waals surface area (Å²) in [5.74, 6) is -1.75. The van der Waals surface area contributed by atoms with E-state index < -0.39 is 11.9 Å². The number of ketones is 1. The van der Waals surface area contributed by atoms with Gasteiger partial charge in [0.1, 0.15) is 0 Å². The minimum atomic E-state index is -0.931. The Hall–Kier alpha value is -2.42. The molecular weight excluding hydrogens is 264 g/mol. The van der Waals surface area contributed by atoms with Crippen molar-refractivity contribution in [3.8, 4) is 0 Å². The lowest BCUT2D eigenvalue weighted by molar-refractivity contribution is -0.141. The Kier molecular flexibility index (Phi) is 4.88. The standard InChI is InChI=1S/C18H18O3/c1-13-6-5-9-15(10-13)17(19)12-16(18(20)21)11-14-7-3-2-4-8-14/h2-10,16H,11-12H2,1H3,(H,20,21). The molecule has 0 aliphatic heterocycles. The summed E-state index contributed by atoms with van der Waals surface area (Å²) in [5.41, 5.74) is 2.51. The third-order valence-corrected chi connectivity index (χ3v) is 3.45. The van der Waals surface area contributed by atoms with Crippen molar-refractivity contribution in [2.45, 2.75) is 19.8 Å².